The monoisotopic (exact) mass is 273 g/mol. The lowest BCUT2D eigenvalue weighted by atomic mass is 10.2. The molecule has 1 N–H and O–H groups in total. The van der Waals surface area contributed by atoms with E-state index < -0.39 is 5.97 Å². The van der Waals surface area contributed by atoms with E-state index in [1.807, 2.05) is 6.92 Å². The summed E-state index contributed by atoms with van der Waals surface area (Å²) in [6, 6.07) is 1.51. The highest BCUT2D eigenvalue weighted by Gasteiger charge is 2.26. The summed E-state index contributed by atoms with van der Waals surface area (Å²) in [5, 5.41) is 10.1. The Morgan fingerprint density at radius 1 is 1.71 bits per heavy atom. The Kier molecular flexibility index (Phi) is 3.91. The molecule has 92 valence electrons. The number of aromatic carboxylic acids is 1. The number of ether oxygens (including phenoxy) is 1. The summed E-state index contributed by atoms with van der Waals surface area (Å²) in [7, 11) is 0. The first-order valence-corrected chi connectivity index (χ1v) is 6.51. The van der Waals surface area contributed by atoms with Crippen molar-refractivity contribution >= 4 is 29.3 Å². The second-order valence-electron chi connectivity index (χ2n) is 3.83. The minimum atomic E-state index is -1.03. The van der Waals surface area contributed by atoms with Crippen molar-refractivity contribution in [3.05, 3.63) is 22.8 Å². The van der Waals surface area contributed by atoms with Crippen molar-refractivity contribution in [1.29, 1.82) is 0 Å². The Morgan fingerprint density at radius 2 is 2.47 bits per heavy atom. The molecule has 1 fully saturated rings. The van der Waals surface area contributed by atoms with E-state index in [1.165, 1.54) is 12.3 Å². The lowest BCUT2D eigenvalue weighted by Gasteiger charge is -2.13. The third kappa shape index (κ3) is 2.91. The van der Waals surface area contributed by atoms with Gasteiger partial charge in [-0.1, -0.05) is 11.6 Å². The molecule has 2 atom stereocenters. The van der Waals surface area contributed by atoms with E-state index in [-0.39, 0.29) is 16.7 Å². The zero-order chi connectivity index (χ0) is 12.4. The number of nitrogens with zero attached hydrogens (tertiary/aromatic N) is 1. The van der Waals surface area contributed by atoms with Gasteiger partial charge in [-0.25, -0.2) is 9.78 Å². The molecule has 1 aliphatic rings. The first-order chi connectivity index (χ1) is 8.08. The van der Waals surface area contributed by atoms with Crippen LogP contribution in [0, 0.1) is 0 Å². The summed E-state index contributed by atoms with van der Waals surface area (Å²) in [4.78, 5) is 15.1. The number of aromatic nitrogens is 1. The molecule has 6 heteroatoms. The molecule has 1 saturated heterocycles. The van der Waals surface area contributed by atoms with Gasteiger partial charge in [-0.15, -0.1) is 11.8 Å². The average Bonchev–Trinajstić information content (AvgIpc) is 2.67. The smallest absolute Gasteiger partial charge is 0.337 e. The zero-order valence-corrected chi connectivity index (χ0v) is 10.8. The van der Waals surface area contributed by atoms with Crippen LogP contribution in [0.15, 0.2) is 17.3 Å². The van der Waals surface area contributed by atoms with Crippen molar-refractivity contribution in [2.75, 3.05) is 6.61 Å². The van der Waals surface area contributed by atoms with Crippen molar-refractivity contribution < 1.29 is 14.6 Å². The van der Waals surface area contributed by atoms with Crippen molar-refractivity contribution in [3.63, 3.8) is 0 Å². The van der Waals surface area contributed by atoms with Crippen LogP contribution in [0.1, 0.15) is 23.7 Å². The fourth-order valence-corrected chi connectivity index (χ4v) is 2.95. The molecule has 0 amide bonds. The van der Waals surface area contributed by atoms with Crippen LogP contribution in [0.3, 0.4) is 0 Å². The van der Waals surface area contributed by atoms with Crippen LogP contribution in [-0.2, 0) is 4.74 Å². The predicted molar refractivity (Wildman–Crippen MR) is 65.9 cm³/mol. The minimum absolute atomic E-state index is 0.0933. The summed E-state index contributed by atoms with van der Waals surface area (Å²) in [5.41, 5.74) is 0.0933. The first kappa shape index (κ1) is 12.7. The van der Waals surface area contributed by atoms with E-state index in [9.17, 15) is 4.79 Å². The Labute approximate surface area is 108 Å². The molecule has 0 bridgehead atoms. The molecule has 0 aromatic carbocycles. The highest BCUT2D eigenvalue weighted by molar-refractivity contribution is 7.99. The van der Waals surface area contributed by atoms with Crippen molar-refractivity contribution in [2.45, 2.75) is 29.7 Å². The lowest BCUT2D eigenvalue weighted by Crippen LogP contribution is -2.13. The number of carboxylic acids is 1. The van der Waals surface area contributed by atoms with Crippen molar-refractivity contribution in [2.24, 2.45) is 0 Å². The number of hydrogen-bond donors (Lipinski definition) is 1. The van der Waals surface area contributed by atoms with Gasteiger partial charge in [0.2, 0.25) is 0 Å². The maximum atomic E-state index is 10.9. The number of rotatable bonds is 3. The molecule has 1 aromatic heterocycles. The standard InChI is InChI=1S/C11H12ClNO3S/c1-6-9(2-3-16-6)17-10-4-7(11(14)15)8(12)5-13-10/h4-6,9H,2-3H2,1H3,(H,14,15). The summed E-state index contributed by atoms with van der Waals surface area (Å²) in [6.45, 7) is 2.76. The van der Waals surface area contributed by atoms with Crippen LogP contribution >= 0.6 is 23.4 Å². The van der Waals surface area contributed by atoms with Gasteiger partial charge in [0, 0.05) is 18.1 Å². The SMILES string of the molecule is CC1OCCC1Sc1cc(C(=O)O)c(Cl)cn1. The number of hydrogen-bond acceptors (Lipinski definition) is 4. The third-order valence-electron chi connectivity index (χ3n) is 2.64. The predicted octanol–water partition coefficient (Wildman–Crippen LogP) is 2.70. The molecule has 2 rings (SSSR count). The van der Waals surface area contributed by atoms with Gasteiger partial charge in [-0.05, 0) is 19.4 Å². The average molecular weight is 274 g/mol. The van der Waals surface area contributed by atoms with Gasteiger partial charge in [0.25, 0.3) is 0 Å². The molecule has 17 heavy (non-hydrogen) atoms. The van der Waals surface area contributed by atoms with Crippen LogP contribution in [-0.4, -0.2) is 34.0 Å². The number of carbonyl (C=O) groups is 1. The third-order valence-corrected chi connectivity index (χ3v) is 4.33. The second-order valence-corrected chi connectivity index (χ2v) is 5.50. The maximum absolute atomic E-state index is 10.9. The molecule has 0 saturated carbocycles. The second kappa shape index (κ2) is 5.25. The molecular weight excluding hydrogens is 262 g/mol. The van der Waals surface area contributed by atoms with Gasteiger partial charge < -0.3 is 9.84 Å². The maximum Gasteiger partial charge on any atom is 0.337 e. The van der Waals surface area contributed by atoms with Crippen molar-refractivity contribution in [1.82, 2.24) is 4.98 Å². The summed E-state index contributed by atoms with van der Waals surface area (Å²) < 4.78 is 5.45. The van der Waals surface area contributed by atoms with Crippen LogP contribution in [0.4, 0.5) is 0 Å². The number of halogens is 1. The number of carboxylic acid groups (broad SMARTS) is 1. The minimum Gasteiger partial charge on any atom is -0.478 e. The molecular formula is C11H12ClNO3S. The fourth-order valence-electron chi connectivity index (χ4n) is 1.67. The fraction of sp³-hybridized carbons (Fsp3) is 0.455. The van der Waals surface area contributed by atoms with E-state index in [2.05, 4.69) is 4.98 Å². The molecule has 2 unspecified atom stereocenters. The Balaban J connectivity index is 2.16. The topological polar surface area (TPSA) is 59.4 Å². The largest absolute Gasteiger partial charge is 0.478 e. The highest BCUT2D eigenvalue weighted by atomic mass is 35.5. The molecule has 0 radical (unpaired) electrons. The normalized spacial score (nSPS) is 23.9. The molecule has 1 aliphatic heterocycles. The number of pyridine rings is 1. The van der Waals surface area contributed by atoms with E-state index in [4.69, 9.17) is 21.4 Å². The first-order valence-electron chi connectivity index (χ1n) is 5.25. The van der Waals surface area contributed by atoms with Crippen LogP contribution in [0.25, 0.3) is 0 Å². The quantitative estimate of drug-likeness (QED) is 0.918. The van der Waals surface area contributed by atoms with Gasteiger partial charge in [0.15, 0.2) is 0 Å². The van der Waals surface area contributed by atoms with Crippen LogP contribution in [0.5, 0.6) is 0 Å². The Bertz CT molecular complexity index is 441. The van der Waals surface area contributed by atoms with Crippen LogP contribution in [0.2, 0.25) is 5.02 Å². The molecule has 0 aliphatic carbocycles. The van der Waals surface area contributed by atoms with E-state index in [0.717, 1.165) is 13.0 Å². The van der Waals surface area contributed by atoms with Gasteiger partial charge in [0.05, 0.1) is 21.7 Å². The summed E-state index contributed by atoms with van der Waals surface area (Å²) in [5.74, 6) is -1.03. The Hall–Kier alpha value is -0.780. The number of thioether (sulfide) groups is 1. The molecule has 4 nitrogen and oxygen atoms in total. The molecule has 0 spiro atoms. The molecule has 2 heterocycles. The van der Waals surface area contributed by atoms with Crippen LogP contribution < -0.4 is 0 Å². The van der Waals surface area contributed by atoms with Gasteiger partial charge in [0.1, 0.15) is 0 Å². The zero-order valence-electron chi connectivity index (χ0n) is 9.22. The molecule has 1 aromatic rings. The summed E-state index contributed by atoms with van der Waals surface area (Å²) in [6.07, 6.45) is 2.51. The van der Waals surface area contributed by atoms with E-state index >= 15 is 0 Å². The van der Waals surface area contributed by atoms with E-state index in [0.29, 0.717) is 10.3 Å². The Morgan fingerprint density at radius 3 is 3.06 bits per heavy atom. The highest BCUT2D eigenvalue weighted by Crippen LogP contribution is 2.32. The van der Waals surface area contributed by atoms with Gasteiger partial charge in [-0.3, -0.25) is 0 Å². The van der Waals surface area contributed by atoms with Gasteiger partial charge >= 0.3 is 5.97 Å². The van der Waals surface area contributed by atoms with Crippen molar-refractivity contribution in [3.8, 4) is 0 Å². The van der Waals surface area contributed by atoms with Gasteiger partial charge in [-0.2, -0.15) is 0 Å². The summed E-state index contributed by atoms with van der Waals surface area (Å²) >= 11 is 7.30. The van der Waals surface area contributed by atoms with E-state index in [1.54, 1.807) is 11.8 Å². The lowest BCUT2D eigenvalue weighted by molar-refractivity contribution is 0.0696.